The second-order valence-electron chi connectivity index (χ2n) is 7.36. The number of carbonyl (C=O) groups excluding carboxylic acids is 1. The van der Waals surface area contributed by atoms with Crippen molar-refractivity contribution in [1.82, 2.24) is 15.0 Å². The van der Waals surface area contributed by atoms with E-state index in [1.807, 2.05) is 6.07 Å². The molecule has 0 aromatic carbocycles. The van der Waals surface area contributed by atoms with E-state index in [0.717, 1.165) is 37.4 Å². The van der Waals surface area contributed by atoms with E-state index in [0.29, 0.717) is 30.6 Å². The molecular weight excluding hydrogens is 360 g/mol. The van der Waals surface area contributed by atoms with Gasteiger partial charge in [0, 0.05) is 33.1 Å². The van der Waals surface area contributed by atoms with Crippen molar-refractivity contribution in [3.63, 3.8) is 0 Å². The van der Waals surface area contributed by atoms with Crippen LogP contribution in [0.5, 0.6) is 0 Å². The number of anilines is 3. The SMILES string of the molecule is CC(=O)Nc1ccc2c(N3CCOCC3)nc(N3CC(C)OC(C)C3)nc2n1. The van der Waals surface area contributed by atoms with Crippen LogP contribution in [0.4, 0.5) is 17.6 Å². The summed E-state index contributed by atoms with van der Waals surface area (Å²) < 4.78 is 11.3. The van der Waals surface area contributed by atoms with Gasteiger partial charge in [0.1, 0.15) is 11.6 Å². The van der Waals surface area contributed by atoms with E-state index in [9.17, 15) is 4.79 Å². The van der Waals surface area contributed by atoms with E-state index >= 15 is 0 Å². The Morgan fingerprint density at radius 2 is 1.79 bits per heavy atom. The van der Waals surface area contributed by atoms with Crippen molar-refractivity contribution in [2.75, 3.05) is 54.5 Å². The third kappa shape index (κ3) is 4.00. The largest absolute Gasteiger partial charge is 0.378 e. The maximum Gasteiger partial charge on any atom is 0.229 e. The first-order valence-electron chi connectivity index (χ1n) is 9.69. The van der Waals surface area contributed by atoms with Crippen LogP contribution in [0.2, 0.25) is 0 Å². The molecule has 2 aromatic heterocycles. The lowest BCUT2D eigenvalue weighted by atomic mass is 10.2. The molecule has 0 saturated carbocycles. The highest BCUT2D eigenvalue weighted by Crippen LogP contribution is 2.28. The molecule has 2 fully saturated rings. The molecule has 1 N–H and O–H groups in total. The molecule has 0 spiro atoms. The number of rotatable bonds is 3. The zero-order valence-electron chi connectivity index (χ0n) is 16.5. The summed E-state index contributed by atoms with van der Waals surface area (Å²) in [6.45, 7) is 9.91. The first kappa shape index (κ1) is 18.8. The number of aromatic nitrogens is 3. The molecule has 2 aliphatic rings. The fraction of sp³-hybridized carbons (Fsp3) is 0.579. The van der Waals surface area contributed by atoms with Crippen LogP contribution in [0.1, 0.15) is 20.8 Å². The monoisotopic (exact) mass is 386 g/mol. The second kappa shape index (κ2) is 7.84. The van der Waals surface area contributed by atoms with Crippen molar-refractivity contribution in [3.05, 3.63) is 12.1 Å². The zero-order valence-corrected chi connectivity index (χ0v) is 16.5. The summed E-state index contributed by atoms with van der Waals surface area (Å²) in [5, 5.41) is 3.60. The molecule has 2 unspecified atom stereocenters. The standard InChI is InChI=1S/C19H26N6O3/c1-12-10-25(11-13(2)28-12)19-22-17-15(4-5-16(21-17)20-14(3)26)18(23-19)24-6-8-27-9-7-24/h4-5,12-13H,6-11H2,1-3H3,(H,20,21,22,23,26). The van der Waals surface area contributed by atoms with E-state index in [1.54, 1.807) is 6.07 Å². The molecule has 2 aliphatic heterocycles. The molecule has 1 amide bonds. The van der Waals surface area contributed by atoms with Crippen molar-refractivity contribution in [1.29, 1.82) is 0 Å². The molecular formula is C19H26N6O3. The number of pyridine rings is 1. The van der Waals surface area contributed by atoms with Gasteiger partial charge in [0.25, 0.3) is 0 Å². The molecule has 4 heterocycles. The highest BCUT2D eigenvalue weighted by atomic mass is 16.5. The van der Waals surface area contributed by atoms with Crippen LogP contribution in [-0.4, -0.2) is 72.5 Å². The predicted octanol–water partition coefficient (Wildman–Crippen LogP) is 1.43. The number of carbonyl (C=O) groups is 1. The molecule has 4 rings (SSSR count). The third-order valence-electron chi connectivity index (χ3n) is 4.85. The molecule has 0 bridgehead atoms. The Morgan fingerprint density at radius 1 is 1.07 bits per heavy atom. The Morgan fingerprint density at radius 3 is 2.46 bits per heavy atom. The van der Waals surface area contributed by atoms with Gasteiger partial charge in [-0.15, -0.1) is 0 Å². The second-order valence-corrected chi connectivity index (χ2v) is 7.36. The minimum atomic E-state index is -0.162. The molecule has 9 nitrogen and oxygen atoms in total. The zero-order chi connectivity index (χ0) is 19.7. The first-order chi connectivity index (χ1) is 13.5. The van der Waals surface area contributed by atoms with Gasteiger partial charge < -0.3 is 24.6 Å². The van der Waals surface area contributed by atoms with Crippen LogP contribution >= 0.6 is 0 Å². The van der Waals surface area contributed by atoms with Gasteiger partial charge in [-0.2, -0.15) is 9.97 Å². The predicted molar refractivity (Wildman–Crippen MR) is 107 cm³/mol. The topological polar surface area (TPSA) is 92.7 Å². The summed E-state index contributed by atoms with van der Waals surface area (Å²) in [7, 11) is 0. The number of hydrogen-bond acceptors (Lipinski definition) is 8. The average Bonchev–Trinajstić information content (AvgIpc) is 2.66. The van der Waals surface area contributed by atoms with Gasteiger partial charge in [-0.05, 0) is 26.0 Å². The lowest BCUT2D eigenvalue weighted by Gasteiger charge is -2.36. The van der Waals surface area contributed by atoms with Crippen molar-refractivity contribution >= 4 is 34.5 Å². The quantitative estimate of drug-likeness (QED) is 0.847. The number of amides is 1. The highest BCUT2D eigenvalue weighted by Gasteiger charge is 2.26. The van der Waals surface area contributed by atoms with Crippen molar-refractivity contribution in [2.24, 2.45) is 0 Å². The fourth-order valence-electron chi connectivity index (χ4n) is 3.73. The fourth-order valence-corrected chi connectivity index (χ4v) is 3.73. The van der Waals surface area contributed by atoms with Gasteiger partial charge in [0.2, 0.25) is 11.9 Å². The summed E-state index contributed by atoms with van der Waals surface area (Å²) in [6.07, 6.45) is 0.210. The van der Waals surface area contributed by atoms with E-state index in [2.05, 4.69) is 33.9 Å². The van der Waals surface area contributed by atoms with Crippen LogP contribution in [0, 0.1) is 0 Å². The number of ether oxygens (including phenoxy) is 2. The number of nitrogens with zero attached hydrogens (tertiary/aromatic N) is 5. The summed E-state index contributed by atoms with van der Waals surface area (Å²) in [5.41, 5.74) is 0.574. The molecule has 2 atom stereocenters. The van der Waals surface area contributed by atoms with Crippen LogP contribution in [-0.2, 0) is 14.3 Å². The summed E-state index contributed by atoms with van der Waals surface area (Å²) in [4.78, 5) is 30.0. The molecule has 28 heavy (non-hydrogen) atoms. The van der Waals surface area contributed by atoms with E-state index < -0.39 is 0 Å². The first-order valence-corrected chi connectivity index (χ1v) is 9.69. The minimum absolute atomic E-state index is 0.105. The number of fused-ring (bicyclic) bond motifs is 1. The number of hydrogen-bond donors (Lipinski definition) is 1. The van der Waals surface area contributed by atoms with Gasteiger partial charge in [-0.25, -0.2) is 4.98 Å². The molecule has 0 aliphatic carbocycles. The highest BCUT2D eigenvalue weighted by molar-refractivity contribution is 5.92. The van der Waals surface area contributed by atoms with Crippen molar-refractivity contribution < 1.29 is 14.3 Å². The molecule has 150 valence electrons. The Bertz CT molecular complexity index is 860. The lowest BCUT2D eigenvalue weighted by molar-refractivity contribution is -0.114. The van der Waals surface area contributed by atoms with E-state index in [-0.39, 0.29) is 18.1 Å². The van der Waals surface area contributed by atoms with Crippen molar-refractivity contribution in [2.45, 2.75) is 33.0 Å². The number of nitrogens with one attached hydrogen (secondary N) is 1. The minimum Gasteiger partial charge on any atom is -0.378 e. The van der Waals surface area contributed by atoms with Gasteiger partial charge in [0.15, 0.2) is 5.65 Å². The Hall–Kier alpha value is -2.52. The molecule has 9 heteroatoms. The summed E-state index contributed by atoms with van der Waals surface area (Å²) in [6, 6.07) is 3.71. The Labute approximate surface area is 164 Å². The smallest absolute Gasteiger partial charge is 0.229 e. The molecule has 2 saturated heterocycles. The summed E-state index contributed by atoms with van der Waals surface area (Å²) >= 11 is 0. The van der Waals surface area contributed by atoms with E-state index in [4.69, 9.17) is 19.4 Å². The van der Waals surface area contributed by atoms with Crippen LogP contribution in [0.25, 0.3) is 11.0 Å². The van der Waals surface area contributed by atoms with Gasteiger partial charge >= 0.3 is 0 Å². The normalized spacial score (nSPS) is 23.1. The Kier molecular flexibility index (Phi) is 5.27. The van der Waals surface area contributed by atoms with Crippen LogP contribution in [0.3, 0.4) is 0 Å². The summed E-state index contributed by atoms with van der Waals surface area (Å²) in [5.74, 6) is 1.83. The van der Waals surface area contributed by atoms with E-state index in [1.165, 1.54) is 6.92 Å². The lowest BCUT2D eigenvalue weighted by Crippen LogP contribution is -2.46. The Balaban J connectivity index is 1.78. The van der Waals surface area contributed by atoms with Gasteiger partial charge in [-0.1, -0.05) is 0 Å². The molecule has 0 radical (unpaired) electrons. The number of morpholine rings is 2. The molecule has 2 aromatic rings. The maximum absolute atomic E-state index is 11.4. The van der Waals surface area contributed by atoms with Crippen molar-refractivity contribution in [3.8, 4) is 0 Å². The van der Waals surface area contributed by atoms with Crippen LogP contribution in [0.15, 0.2) is 12.1 Å². The van der Waals surface area contributed by atoms with Gasteiger partial charge in [0.05, 0.1) is 30.8 Å². The van der Waals surface area contributed by atoms with Gasteiger partial charge in [-0.3, -0.25) is 4.79 Å². The third-order valence-corrected chi connectivity index (χ3v) is 4.85. The average molecular weight is 386 g/mol. The van der Waals surface area contributed by atoms with Crippen LogP contribution < -0.4 is 15.1 Å². The maximum atomic E-state index is 11.4.